The minimum atomic E-state index is -1.06. The fraction of sp³-hybridized carbons (Fsp3) is 0.235. The van der Waals surface area contributed by atoms with E-state index in [0.717, 1.165) is 11.1 Å². The Kier molecular flexibility index (Phi) is 5.30. The fourth-order valence-electron chi connectivity index (χ4n) is 2.11. The number of carboxylic acid groups (broad SMARTS) is 1. The second kappa shape index (κ2) is 7.40. The maximum atomic E-state index is 12.2. The van der Waals surface area contributed by atoms with E-state index in [1.165, 1.54) is 24.4 Å². The van der Waals surface area contributed by atoms with Crippen molar-refractivity contribution in [1.29, 1.82) is 0 Å². The Hall–Kier alpha value is -2.89. The third-order valence-corrected chi connectivity index (χ3v) is 3.56. The van der Waals surface area contributed by atoms with Gasteiger partial charge in [-0.05, 0) is 18.6 Å². The standard InChI is InChI=1S/C17H19N3O3/c1-12-3-5-13(6-4-12)7-8-16(21)20(2)15(17(22)23)9-14-10-18-11-19-14/h3-8,10-11,15H,9H2,1-2H3,(H,18,19)(H,22,23)/t15-/m0/s1. The number of carboxylic acids is 1. The van der Waals surface area contributed by atoms with Crippen LogP contribution in [0, 0.1) is 6.92 Å². The molecular formula is C17H19N3O3. The summed E-state index contributed by atoms with van der Waals surface area (Å²) in [5, 5.41) is 9.35. The summed E-state index contributed by atoms with van der Waals surface area (Å²) in [5.41, 5.74) is 2.69. The van der Waals surface area contributed by atoms with Gasteiger partial charge in [-0.15, -0.1) is 0 Å². The summed E-state index contributed by atoms with van der Waals surface area (Å²) in [6.45, 7) is 1.99. The predicted octanol–water partition coefficient (Wildman–Crippen LogP) is 1.89. The Balaban J connectivity index is 2.06. The average molecular weight is 313 g/mol. The molecule has 1 aromatic heterocycles. The van der Waals surface area contributed by atoms with Crippen LogP contribution in [0.15, 0.2) is 42.9 Å². The summed E-state index contributed by atoms with van der Waals surface area (Å²) in [4.78, 5) is 31.6. The van der Waals surface area contributed by atoms with Crippen LogP contribution in [0.3, 0.4) is 0 Å². The predicted molar refractivity (Wildman–Crippen MR) is 86.7 cm³/mol. The number of aromatic amines is 1. The van der Waals surface area contributed by atoms with Crippen LogP contribution in [0.5, 0.6) is 0 Å². The zero-order valence-electron chi connectivity index (χ0n) is 13.1. The van der Waals surface area contributed by atoms with E-state index in [1.807, 2.05) is 31.2 Å². The Labute approximate surface area is 134 Å². The molecule has 0 unspecified atom stereocenters. The van der Waals surface area contributed by atoms with Crippen LogP contribution in [0.25, 0.3) is 6.08 Å². The number of hydrogen-bond acceptors (Lipinski definition) is 3. The van der Waals surface area contributed by atoms with E-state index < -0.39 is 12.0 Å². The molecule has 0 aliphatic heterocycles. The summed E-state index contributed by atoms with van der Waals surface area (Å²) in [5.74, 6) is -1.42. The lowest BCUT2D eigenvalue weighted by molar-refractivity contribution is -0.147. The minimum Gasteiger partial charge on any atom is -0.480 e. The zero-order chi connectivity index (χ0) is 16.8. The molecule has 0 bridgehead atoms. The van der Waals surface area contributed by atoms with E-state index >= 15 is 0 Å². The summed E-state index contributed by atoms with van der Waals surface area (Å²) in [7, 11) is 1.48. The van der Waals surface area contributed by atoms with Gasteiger partial charge in [0.1, 0.15) is 6.04 Å². The molecule has 23 heavy (non-hydrogen) atoms. The summed E-state index contributed by atoms with van der Waals surface area (Å²) < 4.78 is 0. The Morgan fingerprint density at radius 3 is 2.61 bits per heavy atom. The van der Waals surface area contributed by atoms with Gasteiger partial charge in [0.2, 0.25) is 5.91 Å². The van der Waals surface area contributed by atoms with Crippen LogP contribution < -0.4 is 0 Å². The molecule has 0 aliphatic rings. The van der Waals surface area contributed by atoms with Gasteiger partial charge in [-0.1, -0.05) is 29.8 Å². The molecule has 120 valence electrons. The van der Waals surface area contributed by atoms with Crippen molar-refractivity contribution in [2.75, 3.05) is 7.05 Å². The van der Waals surface area contributed by atoms with Crippen molar-refractivity contribution in [3.63, 3.8) is 0 Å². The summed E-state index contributed by atoms with van der Waals surface area (Å²) >= 11 is 0. The monoisotopic (exact) mass is 313 g/mol. The highest BCUT2D eigenvalue weighted by molar-refractivity contribution is 5.94. The number of hydrogen-bond donors (Lipinski definition) is 2. The maximum absolute atomic E-state index is 12.2. The smallest absolute Gasteiger partial charge is 0.326 e. The third kappa shape index (κ3) is 4.54. The first kappa shape index (κ1) is 16.5. The van der Waals surface area contributed by atoms with E-state index in [0.29, 0.717) is 5.69 Å². The van der Waals surface area contributed by atoms with Crippen molar-refractivity contribution >= 4 is 18.0 Å². The van der Waals surface area contributed by atoms with Gasteiger partial charge in [0.05, 0.1) is 6.33 Å². The third-order valence-electron chi connectivity index (χ3n) is 3.56. The number of benzene rings is 1. The second-order valence-corrected chi connectivity index (χ2v) is 5.33. The number of H-pyrrole nitrogens is 1. The minimum absolute atomic E-state index is 0.177. The van der Waals surface area contributed by atoms with E-state index in [9.17, 15) is 14.7 Å². The number of carbonyl (C=O) groups excluding carboxylic acids is 1. The summed E-state index contributed by atoms with van der Waals surface area (Å²) in [6.07, 6.45) is 6.26. The molecule has 1 heterocycles. The molecule has 0 saturated carbocycles. The number of nitrogens with one attached hydrogen (secondary N) is 1. The van der Waals surface area contributed by atoms with Crippen molar-refractivity contribution in [3.05, 3.63) is 59.7 Å². The normalized spacial score (nSPS) is 12.3. The van der Waals surface area contributed by atoms with Gasteiger partial charge in [-0.25, -0.2) is 9.78 Å². The molecule has 6 nitrogen and oxygen atoms in total. The van der Waals surface area contributed by atoms with Crippen LogP contribution >= 0.6 is 0 Å². The van der Waals surface area contributed by atoms with Gasteiger partial charge in [-0.2, -0.15) is 0 Å². The Morgan fingerprint density at radius 1 is 1.35 bits per heavy atom. The quantitative estimate of drug-likeness (QED) is 0.797. The second-order valence-electron chi connectivity index (χ2n) is 5.33. The first-order chi connectivity index (χ1) is 11.0. The maximum Gasteiger partial charge on any atom is 0.326 e. The number of likely N-dealkylation sites (N-methyl/N-ethyl adjacent to an activating group) is 1. The molecular weight excluding hydrogens is 294 g/mol. The van der Waals surface area contributed by atoms with E-state index in [1.54, 1.807) is 12.3 Å². The van der Waals surface area contributed by atoms with Crippen LogP contribution in [-0.2, 0) is 16.0 Å². The topological polar surface area (TPSA) is 86.3 Å². The molecule has 0 radical (unpaired) electrons. The number of aromatic nitrogens is 2. The van der Waals surface area contributed by atoms with Gasteiger partial charge in [0.15, 0.2) is 0 Å². The van der Waals surface area contributed by atoms with Crippen molar-refractivity contribution in [2.45, 2.75) is 19.4 Å². The zero-order valence-corrected chi connectivity index (χ0v) is 13.1. The van der Waals surface area contributed by atoms with Crippen molar-refractivity contribution < 1.29 is 14.7 Å². The van der Waals surface area contributed by atoms with E-state index in [4.69, 9.17) is 0 Å². The molecule has 2 N–H and O–H groups in total. The highest BCUT2D eigenvalue weighted by Crippen LogP contribution is 2.09. The molecule has 1 atom stereocenters. The van der Waals surface area contributed by atoms with Crippen LogP contribution in [-0.4, -0.2) is 44.9 Å². The lowest BCUT2D eigenvalue weighted by atomic mass is 10.1. The first-order valence-electron chi connectivity index (χ1n) is 7.19. The lowest BCUT2D eigenvalue weighted by Crippen LogP contribution is -2.43. The Bertz CT molecular complexity index is 690. The van der Waals surface area contributed by atoms with Crippen molar-refractivity contribution in [3.8, 4) is 0 Å². The van der Waals surface area contributed by atoms with Gasteiger partial charge < -0.3 is 15.0 Å². The molecule has 0 saturated heterocycles. The summed E-state index contributed by atoms with van der Waals surface area (Å²) in [6, 6.07) is 6.75. The molecule has 2 rings (SSSR count). The van der Waals surface area contributed by atoms with Gasteiger partial charge in [0, 0.05) is 31.4 Å². The fourth-order valence-corrected chi connectivity index (χ4v) is 2.11. The van der Waals surface area contributed by atoms with E-state index in [-0.39, 0.29) is 12.3 Å². The van der Waals surface area contributed by atoms with Crippen molar-refractivity contribution in [2.24, 2.45) is 0 Å². The van der Waals surface area contributed by atoms with Crippen LogP contribution in [0.2, 0.25) is 0 Å². The molecule has 1 amide bonds. The largest absolute Gasteiger partial charge is 0.480 e. The number of amides is 1. The molecule has 1 aromatic carbocycles. The highest BCUT2D eigenvalue weighted by atomic mass is 16.4. The molecule has 0 aliphatic carbocycles. The van der Waals surface area contributed by atoms with Crippen molar-refractivity contribution in [1.82, 2.24) is 14.9 Å². The molecule has 0 fully saturated rings. The van der Waals surface area contributed by atoms with Gasteiger partial charge >= 0.3 is 5.97 Å². The number of imidazole rings is 1. The van der Waals surface area contributed by atoms with Crippen LogP contribution in [0.1, 0.15) is 16.8 Å². The average Bonchev–Trinajstić information content (AvgIpc) is 3.04. The first-order valence-corrected chi connectivity index (χ1v) is 7.19. The van der Waals surface area contributed by atoms with Gasteiger partial charge in [-0.3, -0.25) is 4.79 Å². The molecule has 2 aromatic rings. The highest BCUT2D eigenvalue weighted by Gasteiger charge is 2.26. The number of carbonyl (C=O) groups is 2. The number of aliphatic carboxylic acids is 1. The number of nitrogens with zero attached hydrogens (tertiary/aromatic N) is 2. The van der Waals surface area contributed by atoms with E-state index in [2.05, 4.69) is 9.97 Å². The van der Waals surface area contributed by atoms with Gasteiger partial charge in [0.25, 0.3) is 0 Å². The number of rotatable bonds is 6. The molecule has 6 heteroatoms. The van der Waals surface area contributed by atoms with Crippen LogP contribution in [0.4, 0.5) is 0 Å². The molecule has 0 spiro atoms. The SMILES string of the molecule is Cc1ccc(C=CC(=O)N(C)[C@@H](Cc2cnc[nH]2)C(=O)O)cc1. The number of aryl methyl sites for hydroxylation is 1. The Morgan fingerprint density at radius 2 is 2.04 bits per heavy atom. The lowest BCUT2D eigenvalue weighted by Gasteiger charge is -2.23.